The number of nitrogens with zero attached hydrogens (tertiary/aromatic N) is 1. The Bertz CT molecular complexity index is 497. The quantitative estimate of drug-likeness (QED) is 0.782. The fraction of sp³-hybridized carbons (Fsp3) is 0.500. The first kappa shape index (κ1) is 11.7. The van der Waals surface area contributed by atoms with Gasteiger partial charge in [0.1, 0.15) is 11.5 Å². The van der Waals surface area contributed by atoms with Crippen molar-refractivity contribution < 1.29 is 9.47 Å². The van der Waals surface area contributed by atoms with Gasteiger partial charge in [0, 0.05) is 16.7 Å². The average Bonchev–Trinajstić information content (AvgIpc) is 2.43. The predicted molar refractivity (Wildman–Crippen MR) is 68.4 cm³/mol. The second-order valence-electron chi connectivity index (χ2n) is 4.65. The Morgan fingerprint density at radius 2 is 1.72 bits per heavy atom. The SMILES string of the molecule is N#CCc1c2c(c(Cl)c3c1OCCC3)OCCC2. The molecule has 0 radical (unpaired) electrons. The van der Waals surface area contributed by atoms with Crippen LogP contribution >= 0.6 is 11.6 Å². The van der Waals surface area contributed by atoms with Gasteiger partial charge in [-0.3, -0.25) is 0 Å². The third kappa shape index (κ3) is 1.72. The zero-order chi connectivity index (χ0) is 12.5. The molecule has 3 rings (SSSR count). The smallest absolute Gasteiger partial charge is 0.141 e. The molecule has 0 amide bonds. The molecule has 0 aliphatic carbocycles. The minimum atomic E-state index is 0.366. The van der Waals surface area contributed by atoms with Crippen LogP contribution in [0.2, 0.25) is 5.02 Å². The monoisotopic (exact) mass is 263 g/mol. The maximum absolute atomic E-state index is 9.01. The Morgan fingerprint density at radius 3 is 2.44 bits per heavy atom. The van der Waals surface area contributed by atoms with Gasteiger partial charge in [0.15, 0.2) is 0 Å². The van der Waals surface area contributed by atoms with E-state index in [0.29, 0.717) is 24.7 Å². The van der Waals surface area contributed by atoms with E-state index < -0.39 is 0 Å². The highest BCUT2D eigenvalue weighted by Gasteiger charge is 2.28. The highest BCUT2D eigenvalue weighted by molar-refractivity contribution is 6.33. The van der Waals surface area contributed by atoms with Crippen LogP contribution in [-0.2, 0) is 19.3 Å². The highest BCUT2D eigenvalue weighted by Crippen LogP contribution is 2.46. The molecule has 94 valence electrons. The average molecular weight is 264 g/mol. The number of nitriles is 1. The van der Waals surface area contributed by atoms with Gasteiger partial charge in [0.2, 0.25) is 0 Å². The topological polar surface area (TPSA) is 42.2 Å². The Kier molecular flexibility index (Phi) is 3.05. The number of halogens is 1. The second kappa shape index (κ2) is 4.70. The first-order valence-electron chi connectivity index (χ1n) is 6.31. The lowest BCUT2D eigenvalue weighted by molar-refractivity contribution is 0.270. The first-order chi connectivity index (χ1) is 8.83. The van der Waals surface area contributed by atoms with E-state index in [0.717, 1.165) is 53.9 Å². The van der Waals surface area contributed by atoms with Crippen LogP contribution in [0.4, 0.5) is 0 Å². The molecule has 0 atom stereocenters. The zero-order valence-electron chi connectivity index (χ0n) is 10.1. The van der Waals surface area contributed by atoms with Gasteiger partial charge in [0.05, 0.1) is 30.7 Å². The van der Waals surface area contributed by atoms with Gasteiger partial charge in [-0.2, -0.15) is 5.26 Å². The molecule has 0 saturated carbocycles. The van der Waals surface area contributed by atoms with Crippen LogP contribution in [0.25, 0.3) is 0 Å². The van der Waals surface area contributed by atoms with Crippen LogP contribution in [-0.4, -0.2) is 13.2 Å². The molecule has 0 aromatic heterocycles. The molecular formula is C14H14ClNO2. The molecule has 3 nitrogen and oxygen atoms in total. The van der Waals surface area contributed by atoms with Gasteiger partial charge in [-0.1, -0.05) is 11.6 Å². The minimum absolute atomic E-state index is 0.366. The molecule has 1 aromatic carbocycles. The number of benzene rings is 1. The molecule has 18 heavy (non-hydrogen) atoms. The largest absolute Gasteiger partial charge is 0.493 e. The van der Waals surface area contributed by atoms with E-state index in [-0.39, 0.29) is 0 Å². The van der Waals surface area contributed by atoms with E-state index in [1.165, 1.54) is 0 Å². The van der Waals surface area contributed by atoms with Crippen LogP contribution < -0.4 is 9.47 Å². The van der Waals surface area contributed by atoms with E-state index in [2.05, 4.69) is 6.07 Å². The third-order valence-corrected chi connectivity index (χ3v) is 3.94. The molecule has 0 fully saturated rings. The maximum atomic E-state index is 9.01. The lowest BCUT2D eigenvalue weighted by atomic mass is 9.91. The first-order valence-corrected chi connectivity index (χ1v) is 6.69. The molecule has 0 bridgehead atoms. The molecule has 0 unspecified atom stereocenters. The Morgan fingerprint density at radius 1 is 1.06 bits per heavy atom. The van der Waals surface area contributed by atoms with E-state index in [4.69, 9.17) is 26.3 Å². The number of hydrogen-bond acceptors (Lipinski definition) is 3. The number of rotatable bonds is 1. The van der Waals surface area contributed by atoms with Crippen molar-refractivity contribution in [2.24, 2.45) is 0 Å². The maximum Gasteiger partial charge on any atom is 0.141 e. The summed E-state index contributed by atoms with van der Waals surface area (Å²) < 4.78 is 11.5. The van der Waals surface area contributed by atoms with Gasteiger partial charge in [-0.15, -0.1) is 0 Å². The van der Waals surface area contributed by atoms with E-state index in [1.807, 2.05) is 0 Å². The van der Waals surface area contributed by atoms with Crippen molar-refractivity contribution in [3.8, 4) is 17.6 Å². The summed E-state index contributed by atoms with van der Waals surface area (Å²) in [6.45, 7) is 1.42. The Balaban J connectivity index is 2.24. The van der Waals surface area contributed by atoms with Crippen molar-refractivity contribution in [1.82, 2.24) is 0 Å². The summed E-state index contributed by atoms with van der Waals surface area (Å²) in [5.74, 6) is 1.63. The molecular weight excluding hydrogens is 250 g/mol. The number of ether oxygens (including phenoxy) is 2. The fourth-order valence-electron chi connectivity index (χ4n) is 2.75. The summed E-state index contributed by atoms with van der Waals surface area (Å²) in [6.07, 6.45) is 4.13. The minimum Gasteiger partial charge on any atom is -0.493 e. The van der Waals surface area contributed by atoms with Crippen LogP contribution in [0.3, 0.4) is 0 Å². The van der Waals surface area contributed by atoms with Crippen molar-refractivity contribution in [1.29, 1.82) is 5.26 Å². The molecule has 4 heteroatoms. The zero-order valence-corrected chi connectivity index (χ0v) is 10.8. The van der Waals surface area contributed by atoms with Crippen molar-refractivity contribution in [2.75, 3.05) is 13.2 Å². The molecule has 0 spiro atoms. The van der Waals surface area contributed by atoms with E-state index in [9.17, 15) is 0 Å². The highest BCUT2D eigenvalue weighted by atomic mass is 35.5. The van der Waals surface area contributed by atoms with Crippen molar-refractivity contribution in [3.05, 3.63) is 21.7 Å². The normalized spacial score (nSPS) is 16.9. The molecule has 1 aromatic rings. The molecule has 0 saturated heterocycles. The summed E-state index contributed by atoms with van der Waals surface area (Å²) in [6, 6.07) is 2.23. The standard InChI is InChI=1S/C14H14ClNO2/c15-12-11-4-2-7-17-13(11)10(5-6-16)9-3-1-8-18-14(9)12/h1-5,7-8H2. The molecule has 2 aliphatic heterocycles. The summed E-state index contributed by atoms with van der Waals surface area (Å²) >= 11 is 6.43. The van der Waals surface area contributed by atoms with Gasteiger partial charge < -0.3 is 9.47 Å². The van der Waals surface area contributed by atoms with E-state index in [1.54, 1.807) is 0 Å². The van der Waals surface area contributed by atoms with Crippen LogP contribution in [0.1, 0.15) is 29.5 Å². The van der Waals surface area contributed by atoms with Crippen molar-refractivity contribution in [2.45, 2.75) is 32.1 Å². The second-order valence-corrected chi connectivity index (χ2v) is 5.02. The summed E-state index contributed by atoms with van der Waals surface area (Å²) in [5.41, 5.74) is 3.09. The van der Waals surface area contributed by atoms with Crippen LogP contribution in [0, 0.1) is 11.3 Å². The van der Waals surface area contributed by atoms with Gasteiger partial charge in [-0.05, 0) is 25.7 Å². The summed E-state index contributed by atoms with van der Waals surface area (Å²) in [4.78, 5) is 0. The predicted octanol–water partition coefficient (Wildman–Crippen LogP) is 3.06. The summed E-state index contributed by atoms with van der Waals surface area (Å²) in [7, 11) is 0. The van der Waals surface area contributed by atoms with E-state index >= 15 is 0 Å². The number of fused-ring (bicyclic) bond motifs is 2. The van der Waals surface area contributed by atoms with Gasteiger partial charge in [-0.25, -0.2) is 0 Å². The Labute approximate surface area is 111 Å². The molecule has 0 N–H and O–H groups in total. The van der Waals surface area contributed by atoms with Crippen LogP contribution in [0.15, 0.2) is 0 Å². The fourth-order valence-corrected chi connectivity index (χ4v) is 3.10. The van der Waals surface area contributed by atoms with Gasteiger partial charge in [0.25, 0.3) is 0 Å². The summed E-state index contributed by atoms with van der Waals surface area (Å²) in [5, 5.41) is 9.71. The van der Waals surface area contributed by atoms with Crippen LogP contribution in [0.5, 0.6) is 11.5 Å². The third-order valence-electron chi connectivity index (χ3n) is 3.54. The Hall–Kier alpha value is -1.40. The molecule has 2 heterocycles. The lowest BCUT2D eigenvalue weighted by Gasteiger charge is -2.28. The van der Waals surface area contributed by atoms with Crippen molar-refractivity contribution in [3.63, 3.8) is 0 Å². The molecule has 2 aliphatic rings. The number of hydrogen-bond donors (Lipinski definition) is 0. The lowest BCUT2D eigenvalue weighted by Crippen LogP contribution is -2.17. The van der Waals surface area contributed by atoms with Gasteiger partial charge >= 0.3 is 0 Å². The van der Waals surface area contributed by atoms with Crippen molar-refractivity contribution >= 4 is 11.6 Å².